The molecule has 6 nitrogen and oxygen atoms in total. The molecule has 0 atom stereocenters. The highest BCUT2D eigenvalue weighted by molar-refractivity contribution is 7.98. The molecule has 0 spiro atoms. The lowest BCUT2D eigenvalue weighted by Crippen LogP contribution is -2.27. The number of carbonyl (C=O) groups excluding carboxylic acids is 1. The van der Waals surface area contributed by atoms with E-state index in [1.807, 2.05) is 12.3 Å². The number of carbonyl (C=O) groups is 1. The van der Waals surface area contributed by atoms with Crippen LogP contribution in [0.2, 0.25) is 0 Å². The molecule has 1 fully saturated rings. The molecule has 1 amide bonds. The third-order valence-corrected chi connectivity index (χ3v) is 8.07. The fourth-order valence-electron chi connectivity index (χ4n) is 4.30. The molecule has 0 N–H and O–H groups in total. The lowest BCUT2D eigenvalue weighted by Gasteiger charge is -2.20. The van der Waals surface area contributed by atoms with E-state index in [0.29, 0.717) is 18.3 Å². The van der Waals surface area contributed by atoms with E-state index >= 15 is 0 Å². The van der Waals surface area contributed by atoms with Gasteiger partial charge in [0.1, 0.15) is 0 Å². The minimum atomic E-state index is 0.0224. The Hall–Kier alpha value is -2.19. The second kappa shape index (κ2) is 9.97. The highest BCUT2D eigenvalue weighted by Crippen LogP contribution is 2.38. The molecule has 1 aliphatic rings. The summed E-state index contributed by atoms with van der Waals surface area (Å²) in [4.78, 5) is 18.2. The molecule has 33 heavy (non-hydrogen) atoms. The Morgan fingerprint density at radius 3 is 2.48 bits per heavy atom. The van der Waals surface area contributed by atoms with Crippen molar-refractivity contribution in [2.24, 2.45) is 0 Å². The van der Waals surface area contributed by atoms with Gasteiger partial charge in [-0.15, -0.1) is 21.5 Å². The summed E-state index contributed by atoms with van der Waals surface area (Å²) in [5.74, 6) is 1.69. The SMILES string of the molecule is CCN(C(C)=O)c1nc(CSc2nnc(-c3ccc(C(C)(C)C)cc3)n2C2CCCC2)cs1. The van der Waals surface area contributed by atoms with Gasteiger partial charge in [-0.3, -0.25) is 14.3 Å². The van der Waals surface area contributed by atoms with Crippen LogP contribution in [0.3, 0.4) is 0 Å². The molecule has 0 aliphatic heterocycles. The molecule has 1 aliphatic carbocycles. The van der Waals surface area contributed by atoms with Crippen molar-refractivity contribution in [1.82, 2.24) is 19.7 Å². The minimum Gasteiger partial charge on any atom is -0.299 e. The van der Waals surface area contributed by atoms with Crippen LogP contribution in [0, 0.1) is 0 Å². The van der Waals surface area contributed by atoms with E-state index in [-0.39, 0.29) is 11.3 Å². The van der Waals surface area contributed by atoms with Crippen molar-refractivity contribution in [3.05, 3.63) is 40.9 Å². The van der Waals surface area contributed by atoms with E-state index in [2.05, 4.69) is 64.8 Å². The monoisotopic (exact) mass is 483 g/mol. The van der Waals surface area contributed by atoms with E-state index in [4.69, 9.17) is 0 Å². The van der Waals surface area contributed by atoms with Gasteiger partial charge in [0.2, 0.25) is 5.91 Å². The quantitative estimate of drug-likeness (QED) is 0.360. The second-order valence-corrected chi connectivity index (χ2v) is 11.4. The van der Waals surface area contributed by atoms with Crippen LogP contribution in [0.15, 0.2) is 34.8 Å². The Morgan fingerprint density at radius 2 is 1.88 bits per heavy atom. The van der Waals surface area contributed by atoms with Crippen LogP contribution >= 0.6 is 23.1 Å². The van der Waals surface area contributed by atoms with Gasteiger partial charge in [0.05, 0.1) is 5.69 Å². The maximum absolute atomic E-state index is 11.8. The Labute approximate surface area is 204 Å². The number of thiazole rings is 1. The second-order valence-electron chi connectivity index (χ2n) is 9.62. The zero-order valence-corrected chi connectivity index (χ0v) is 21.8. The summed E-state index contributed by atoms with van der Waals surface area (Å²) in [5, 5.41) is 13.0. The number of hydrogen-bond donors (Lipinski definition) is 0. The predicted molar refractivity (Wildman–Crippen MR) is 137 cm³/mol. The highest BCUT2D eigenvalue weighted by atomic mass is 32.2. The summed E-state index contributed by atoms with van der Waals surface area (Å²) in [6.07, 6.45) is 4.85. The van der Waals surface area contributed by atoms with E-state index in [9.17, 15) is 4.79 Å². The minimum absolute atomic E-state index is 0.0224. The van der Waals surface area contributed by atoms with Crippen LogP contribution in [0.25, 0.3) is 11.4 Å². The van der Waals surface area contributed by atoms with Crippen LogP contribution in [-0.4, -0.2) is 32.2 Å². The highest BCUT2D eigenvalue weighted by Gasteiger charge is 2.25. The molecule has 2 heterocycles. The number of anilines is 1. The first-order chi connectivity index (χ1) is 15.8. The molecular weight excluding hydrogens is 450 g/mol. The van der Waals surface area contributed by atoms with E-state index in [1.165, 1.54) is 42.6 Å². The summed E-state index contributed by atoms with van der Waals surface area (Å²) in [7, 11) is 0. The number of nitrogens with zero attached hydrogens (tertiary/aromatic N) is 5. The topological polar surface area (TPSA) is 63.9 Å². The Bertz CT molecular complexity index is 1090. The van der Waals surface area contributed by atoms with Crippen molar-refractivity contribution in [3.8, 4) is 11.4 Å². The maximum atomic E-state index is 11.8. The lowest BCUT2D eigenvalue weighted by molar-refractivity contribution is -0.116. The Kier molecular flexibility index (Phi) is 7.24. The summed E-state index contributed by atoms with van der Waals surface area (Å²) < 4.78 is 2.35. The van der Waals surface area contributed by atoms with Gasteiger partial charge in [0.15, 0.2) is 16.1 Å². The van der Waals surface area contributed by atoms with Crippen LogP contribution < -0.4 is 4.90 Å². The molecule has 0 unspecified atom stereocenters. The summed E-state index contributed by atoms with van der Waals surface area (Å²) in [6, 6.07) is 9.22. The van der Waals surface area contributed by atoms with E-state index in [1.54, 1.807) is 23.6 Å². The van der Waals surface area contributed by atoms with Crippen molar-refractivity contribution in [2.75, 3.05) is 11.4 Å². The van der Waals surface area contributed by atoms with Gasteiger partial charge >= 0.3 is 0 Å². The number of hydrogen-bond acceptors (Lipinski definition) is 6. The van der Waals surface area contributed by atoms with E-state index in [0.717, 1.165) is 27.4 Å². The number of thioether (sulfide) groups is 1. The van der Waals surface area contributed by atoms with Gasteiger partial charge in [0, 0.05) is 36.2 Å². The van der Waals surface area contributed by atoms with Gasteiger partial charge in [-0.1, -0.05) is 69.6 Å². The number of benzene rings is 1. The van der Waals surface area contributed by atoms with Crippen molar-refractivity contribution in [3.63, 3.8) is 0 Å². The van der Waals surface area contributed by atoms with Gasteiger partial charge in [-0.2, -0.15) is 0 Å². The van der Waals surface area contributed by atoms with Gasteiger partial charge in [-0.25, -0.2) is 4.98 Å². The predicted octanol–water partition coefficient (Wildman–Crippen LogP) is 6.48. The molecular formula is C25H33N5OS2. The largest absolute Gasteiger partial charge is 0.299 e. The first kappa shape index (κ1) is 24.0. The zero-order valence-electron chi connectivity index (χ0n) is 20.2. The van der Waals surface area contributed by atoms with Crippen LogP contribution in [0.4, 0.5) is 5.13 Å². The van der Waals surface area contributed by atoms with Crippen LogP contribution in [0.5, 0.6) is 0 Å². The Morgan fingerprint density at radius 1 is 1.18 bits per heavy atom. The smallest absolute Gasteiger partial charge is 0.225 e. The molecule has 8 heteroatoms. The normalized spacial score (nSPS) is 14.7. The third kappa shape index (κ3) is 5.32. The summed E-state index contributed by atoms with van der Waals surface area (Å²) in [6.45, 7) is 10.9. The average Bonchev–Trinajstić information content (AvgIpc) is 3.52. The first-order valence-corrected chi connectivity index (χ1v) is 13.6. The molecule has 3 aromatic rings. The van der Waals surface area contributed by atoms with Gasteiger partial charge in [-0.05, 0) is 30.7 Å². The van der Waals surface area contributed by atoms with Crippen molar-refractivity contribution < 1.29 is 4.79 Å². The van der Waals surface area contributed by atoms with Gasteiger partial charge in [0.25, 0.3) is 0 Å². The van der Waals surface area contributed by atoms with Crippen molar-refractivity contribution in [2.45, 2.75) is 82.7 Å². The summed E-state index contributed by atoms with van der Waals surface area (Å²) >= 11 is 3.20. The molecule has 4 rings (SSSR count). The first-order valence-electron chi connectivity index (χ1n) is 11.7. The number of aromatic nitrogens is 4. The number of rotatable bonds is 7. The fourth-order valence-corrected chi connectivity index (χ4v) is 6.24. The fraction of sp³-hybridized carbons (Fsp3) is 0.520. The molecule has 0 bridgehead atoms. The standard InChI is InChI=1S/C25H33N5OS2/c1-6-29(17(2)31)23-26-20(15-32-23)16-33-24-28-27-22(30(24)21-9-7-8-10-21)18-11-13-19(14-12-18)25(3,4)5/h11-15,21H,6-10,16H2,1-5H3. The molecule has 2 aromatic heterocycles. The lowest BCUT2D eigenvalue weighted by atomic mass is 9.86. The third-order valence-electron chi connectivity index (χ3n) is 6.18. The molecule has 0 saturated heterocycles. The summed E-state index contributed by atoms with van der Waals surface area (Å²) in [5.41, 5.74) is 3.53. The Balaban J connectivity index is 1.57. The van der Waals surface area contributed by atoms with Gasteiger partial charge < -0.3 is 0 Å². The molecule has 1 saturated carbocycles. The van der Waals surface area contributed by atoms with Crippen molar-refractivity contribution >= 4 is 34.1 Å². The zero-order chi connectivity index (χ0) is 23.6. The molecule has 176 valence electrons. The van der Waals surface area contributed by atoms with Crippen molar-refractivity contribution in [1.29, 1.82) is 0 Å². The number of amides is 1. The molecule has 1 aromatic carbocycles. The average molecular weight is 484 g/mol. The molecule has 0 radical (unpaired) electrons. The van der Waals surface area contributed by atoms with E-state index < -0.39 is 0 Å². The maximum Gasteiger partial charge on any atom is 0.225 e. The van der Waals surface area contributed by atoms with Crippen LogP contribution in [-0.2, 0) is 16.0 Å². The van der Waals surface area contributed by atoms with Crippen LogP contribution in [0.1, 0.15) is 77.6 Å².